The Morgan fingerprint density at radius 3 is 2.84 bits per heavy atom. The number of fused-ring (bicyclic) bond motifs is 1. The van der Waals surface area contributed by atoms with E-state index in [1.807, 2.05) is 30.0 Å². The molecule has 1 aliphatic rings. The molecule has 0 saturated heterocycles. The van der Waals surface area contributed by atoms with Crippen molar-refractivity contribution >= 4 is 5.97 Å². The molecule has 4 nitrogen and oxygen atoms in total. The van der Waals surface area contributed by atoms with Gasteiger partial charge in [-0.2, -0.15) is 0 Å². The summed E-state index contributed by atoms with van der Waals surface area (Å²) in [6, 6.07) is 7.70. The van der Waals surface area contributed by atoms with Gasteiger partial charge in [-0.15, -0.1) is 0 Å². The van der Waals surface area contributed by atoms with Gasteiger partial charge in [-0.3, -0.25) is 9.69 Å². The van der Waals surface area contributed by atoms with Crippen LogP contribution in [0.1, 0.15) is 24.5 Å². The maximum atomic E-state index is 11.4. The minimum atomic E-state index is -0.731. The SMILES string of the molecule is CCOCCCN1Cc2ccccc2C[C@H]1C(=O)O. The quantitative estimate of drug-likeness (QED) is 0.797. The summed E-state index contributed by atoms with van der Waals surface area (Å²) in [5, 5.41) is 9.36. The third-order valence-corrected chi connectivity index (χ3v) is 3.57. The zero-order valence-electron chi connectivity index (χ0n) is 11.3. The molecule has 19 heavy (non-hydrogen) atoms. The summed E-state index contributed by atoms with van der Waals surface area (Å²) in [7, 11) is 0. The Bertz CT molecular complexity index is 433. The molecule has 104 valence electrons. The number of carbonyl (C=O) groups is 1. The van der Waals surface area contributed by atoms with Crippen molar-refractivity contribution in [3.8, 4) is 0 Å². The Labute approximate surface area is 114 Å². The Hall–Kier alpha value is -1.39. The summed E-state index contributed by atoms with van der Waals surface area (Å²) >= 11 is 0. The molecule has 0 amide bonds. The molecular formula is C15H21NO3. The van der Waals surface area contributed by atoms with Crippen LogP contribution in [0.15, 0.2) is 24.3 Å². The average Bonchev–Trinajstić information content (AvgIpc) is 2.42. The predicted molar refractivity (Wildman–Crippen MR) is 73.1 cm³/mol. The van der Waals surface area contributed by atoms with Crippen molar-refractivity contribution in [1.82, 2.24) is 4.90 Å². The molecule has 0 bridgehead atoms. The summed E-state index contributed by atoms with van der Waals surface area (Å²) in [5.74, 6) is -0.731. The Morgan fingerprint density at radius 1 is 1.42 bits per heavy atom. The summed E-state index contributed by atoms with van der Waals surface area (Å²) in [4.78, 5) is 13.4. The molecule has 1 aromatic rings. The smallest absolute Gasteiger partial charge is 0.321 e. The van der Waals surface area contributed by atoms with E-state index in [1.165, 1.54) is 5.56 Å². The second-order valence-corrected chi connectivity index (χ2v) is 4.85. The van der Waals surface area contributed by atoms with E-state index in [0.29, 0.717) is 19.6 Å². The molecule has 1 atom stereocenters. The number of nitrogens with zero attached hydrogens (tertiary/aromatic N) is 1. The number of rotatable bonds is 6. The van der Waals surface area contributed by atoms with E-state index >= 15 is 0 Å². The monoisotopic (exact) mass is 263 g/mol. The fraction of sp³-hybridized carbons (Fsp3) is 0.533. The normalized spacial score (nSPS) is 19.1. The van der Waals surface area contributed by atoms with Crippen LogP contribution in [0.25, 0.3) is 0 Å². The van der Waals surface area contributed by atoms with Gasteiger partial charge in [0.15, 0.2) is 0 Å². The molecule has 0 spiro atoms. The summed E-state index contributed by atoms with van der Waals surface area (Å²) < 4.78 is 5.32. The summed E-state index contributed by atoms with van der Waals surface area (Å²) in [5.41, 5.74) is 2.41. The van der Waals surface area contributed by atoms with Crippen molar-refractivity contribution in [1.29, 1.82) is 0 Å². The van der Waals surface area contributed by atoms with E-state index in [4.69, 9.17) is 4.74 Å². The van der Waals surface area contributed by atoms with Gasteiger partial charge in [0, 0.05) is 26.3 Å². The van der Waals surface area contributed by atoms with Crippen molar-refractivity contribution < 1.29 is 14.6 Å². The van der Waals surface area contributed by atoms with Crippen molar-refractivity contribution in [2.24, 2.45) is 0 Å². The molecule has 0 aromatic heterocycles. The van der Waals surface area contributed by atoms with E-state index in [1.54, 1.807) is 0 Å². The summed E-state index contributed by atoms with van der Waals surface area (Å²) in [6.07, 6.45) is 1.47. The van der Waals surface area contributed by atoms with Gasteiger partial charge in [0.25, 0.3) is 0 Å². The number of hydrogen-bond acceptors (Lipinski definition) is 3. The Morgan fingerprint density at radius 2 is 2.16 bits per heavy atom. The van der Waals surface area contributed by atoms with Gasteiger partial charge in [0.2, 0.25) is 0 Å². The predicted octanol–water partition coefficient (Wildman–Crippen LogP) is 1.92. The highest BCUT2D eigenvalue weighted by Crippen LogP contribution is 2.23. The largest absolute Gasteiger partial charge is 0.480 e. The van der Waals surface area contributed by atoms with Gasteiger partial charge >= 0.3 is 5.97 Å². The maximum absolute atomic E-state index is 11.4. The van der Waals surface area contributed by atoms with Crippen LogP contribution in [-0.4, -0.2) is 41.8 Å². The van der Waals surface area contributed by atoms with Crippen LogP contribution in [0.3, 0.4) is 0 Å². The van der Waals surface area contributed by atoms with Crippen LogP contribution in [0.2, 0.25) is 0 Å². The van der Waals surface area contributed by atoms with E-state index < -0.39 is 12.0 Å². The lowest BCUT2D eigenvalue weighted by atomic mass is 9.94. The standard InChI is InChI=1S/C15H21NO3/c1-2-19-9-5-8-16-11-13-7-4-3-6-12(13)10-14(16)15(17)18/h3-4,6-7,14H,2,5,8-11H2,1H3,(H,17,18)/t14-/m0/s1. The zero-order chi connectivity index (χ0) is 13.7. The molecule has 0 fully saturated rings. The first kappa shape index (κ1) is 14.0. The number of carboxylic acid groups (broad SMARTS) is 1. The zero-order valence-corrected chi connectivity index (χ0v) is 11.3. The minimum Gasteiger partial charge on any atom is -0.480 e. The highest BCUT2D eigenvalue weighted by molar-refractivity contribution is 5.74. The molecule has 4 heteroatoms. The van der Waals surface area contributed by atoms with Gasteiger partial charge in [0.1, 0.15) is 6.04 Å². The molecule has 0 unspecified atom stereocenters. The van der Waals surface area contributed by atoms with Gasteiger partial charge in [0.05, 0.1) is 0 Å². The first-order valence-electron chi connectivity index (χ1n) is 6.83. The summed E-state index contributed by atoms with van der Waals surface area (Å²) in [6.45, 7) is 4.87. The lowest BCUT2D eigenvalue weighted by molar-refractivity contribution is -0.144. The number of ether oxygens (including phenoxy) is 1. The first-order chi connectivity index (χ1) is 9.22. The maximum Gasteiger partial charge on any atom is 0.321 e. The molecule has 0 radical (unpaired) electrons. The van der Waals surface area contributed by atoms with Crippen LogP contribution >= 0.6 is 0 Å². The lowest BCUT2D eigenvalue weighted by Gasteiger charge is -2.34. The highest BCUT2D eigenvalue weighted by atomic mass is 16.5. The van der Waals surface area contributed by atoms with Crippen LogP contribution < -0.4 is 0 Å². The molecule has 0 saturated carbocycles. The van der Waals surface area contributed by atoms with Crippen molar-refractivity contribution in [3.05, 3.63) is 35.4 Å². The van der Waals surface area contributed by atoms with Crippen LogP contribution in [0.4, 0.5) is 0 Å². The topological polar surface area (TPSA) is 49.8 Å². The van der Waals surface area contributed by atoms with Gasteiger partial charge < -0.3 is 9.84 Å². The molecule has 2 rings (SSSR count). The molecule has 1 aliphatic heterocycles. The second-order valence-electron chi connectivity index (χ2n) is 4.85. The van der Waals surface area contributed by atoms with Crippen molar-refractivity contribution in [2.45, 2.75) is 32.4 Å². The fourth-order valence-electron chi connectivity index (χ4n) is 2.57. The van der Waals surface area contributed by atoms with E-state index in [0.717, 1.165) is 25.1 Å². The van der Waals surface area contributed by atoms with Crippen molar-refractivity contribution in [3.63, 3.8) is 0 Å². The third kappa shape index (κ3) is 3.55. The van der Waals surface area contributed by atoms with E-state index in [2.05, 4.69) is 6.07 Å². The first-order valence-corrected chi connectivity index (χ1v) is 6.83. The lowest BCUT2D eigenvalue weighted by Crippen LogP contribution is -2.46. The molecule has 1 N–H and O–H groups in total. The van der Waals surface area contributed by atoms with Crippen LogP contribution in [0.5, 0.6) is 0 Å². The number of hydrogen-bond donors (Lipinski definition) is 1. The van der Waals surface area contributed by atoms with Crippen LogP contribution in [-0.2, 0) is 22.5 Å². The highest BCUT2D eigenvalue weighted by Gasteiger charge is 2.30. The van der Waals surface area contributed by atoms with Crippen molar-refractivity contribution in [2.75, 3.05) is 19.8 Å². The number of benzene rings is 1. The minimum absolute atomic E-state index is 0.406. The average molecular weight is 263 g/mol. The Balaban J connectivity index is 2.02. The van der Waals surface area contributed by atoms with Crippen LogP contribution in [0, 0.1) is 0 Å². The molecule has 1 heterocycles. The fourth-order valence-corrected chi connectivity index (χ4v) is 2.57. The van der Waals surface area contributed by atoms with Gasteiger partial charge in [-0.25, -0.2) is 0 Å². The second kappa shape index (κ2) is 6.68. The third-order valence-electron chi connectivity index (χ3n) is 3.57. The number of aliphatic carboxylic acids is 1. The van der Waals surface area contributed by atoms with Gasteiger partial charge in [-0.1, -0.05) is 24.3 Å². The van der Waals surface area contributed by atoms with E-state index in [9.17, 15) is 9.90 Å². The Kier molecular flexibility index (Phi) is 4.93. The molecular weight excluding hydrogens is 242 g/mol. The van der Waals surface area contributed by atoms with E-state index in [-0.39, 0.29) is 0 Å². The molecule has 1 aromatic carbocycles. The number of carboxylic acids is 1. The van der Waals surface area contributed by atoms with Gasteiger partial charge in [-0.05, 0) is 30.9 Å². The molecule has 0 aliphatic carbocycles.